The third-order valence-electron chi connectivity index (χ3n) is 2.12. The van der Waals surface area contributed by atoms with E-state index in [0.29, 0.717) is 0 Å². The number of nitrogens with one attached hydrogen (secondary N) is 1. The van der Waals surface area contributed by atoms with Crippen LogP contribution in [0.5, 0.6) is 0 Å². The lowest BCUT2D eigenvalue weighted by Crippen LogP contribution is -2.48. The minimum Gasteiger partial charge on any atom is -0.444 e. The molecule has 0 aliphatic carbocycles. The lowest BCUT2D eigenvalue weighted by molar-refractivity contribution is -0.182. The van der Waals surface area contributed by atoms with E-state index in [4.69, 9.17) is 4.74 Å². The van der Waals surface area contributed by atoms with E-state index in [9.17, 15) is 22.8 Å². The standard InChI is InChI=1S/C11H18F3NO3/c1-5-7(11(12,13)14)8(6-16)15-9(17)18-10(2,3)4/h6-8H,5H2,1-4H3,(H,15,17). The Morgan fingerprint density at radius 1 is 1.33 bits per heavy atom. The fourth-order valence-electron chi connectivity index (χ4n) is 1.36. The number of carbonyl (C=O) groups is 2. The van der Waals surface area contributed by atoms with Crippen molar-refractivity contribution in [2.45, 2.75) is 51.9 Å². The highest BCUT2D eigenvalue weighted by molar-refractivity contribution is 5.73. The topological polar surface area (TPSA) is 55.4 Å². The molecular formula is C11H18F3NO3. The first kappa shape index (κ1) is 16.7. The molecule has 0 fully saturated rings. The van der Waals surface area contributed by atoms with Crippen molar-refractivity contribution in [1.29, 1.82) is 0 Å². The summed E-state index contributed by atoms with van der Waals surface area (Å²) >= 11 is 0. The molecule has 0 saturated heterocycles. The van der Waals surface area contributed by atoms with Crippen molar-refractivity contribution in [3.8, 4) is 0 Å². The monoisotopic (exact) mass is 269 g/mol. The van der Waals surface area contributed by atoms with Crippen molar-refractivity contribution in [3.63, 3.8) is 0 Å². The van der Waals surface area contributed by atoms with Gasteiger partial charge in [0, 0.05) is 0 Å². The molecule has 18 heavy (non-hydrogen) atoms. The molecule has 0 saturated carbocycles. The van der Waals surface area contributed by atoms with E-state index in [2.05, 4.69) is 0 Å². The van der Waals surface area contributed by atoms with Crippen LogP contribution in [0.2, 0.25) is 0 Å². The van der Waals surface area contributed by atoms with Gasteiger partial charge in [0.15, 0.2) is 0 Å². The molecule has 2 atom stereocenters. The molecule has 0 radical (unpaired) electrons. The van der Waals surface area contributed by atoms with Crippen LogP contribution in [-0.4, -0.2) is 30.2 Å². The Hall–Kier alpha value is -1.27. The predicted molar refractivity (Wildman–Crippen MR) is 59.1 cm³/mol. The van der Waals surface area contributed by atoms with E-state index in [1.807, 2.05) is 5.32 Å². The first-order valence-corrected chi connectivity index (χ1v) is 5.52. The van der Waals surface area contributed by atoms with Gasteiger partial charge in [-0.1, -0.05) is 6.92 Å². The molecule has 4 nitrogen and oxygen atoms in total. The van der Waals surface area contributed by atoms with Crippen molar-refractivity contribution in [2.75, 3.05) is 0 Å². The molecule has 1 amide bonds. The van der Waals surface area contributed by atoms with Gasteiger partial charge >= 0.3 is 12.3 Å². The highest BCUT2D eigenvalue weighted by Crippen LogP contribution is 2.30. The van der Waals surface area contributed by atoms with Crippen LogP contribution < -0.4 is 5.32 Å². The molecule has 0 aromatic carbocycles. The van der Waals surface area contributed by atoms with Gasteiger partial charge in [0.25, 0.3) is 0 Å². The molecule has 106 valence electrons. The number of hydrogen-bond donors (Lipinski definition) is 1. The van der Waals surface area contributed by atoms with E-state index in [1.165, 1.54) is 6.92 Å². The van der Waals surface area contributed by atoms with Gasteiger partial charge in [-0.15, -0.1) is 0 Å². The largest absolute Gasteiger partial charge is 0.444 e. The Morgan fingerprint density at radius 3 is 2.11 bits per heavy atom. The van der Waals surface area contributed by atoms with Crippen LogP contribution in [0.4, 0.5) is 18.0 Å². The first-order valence-electron chi connectivity index (χ1n) is 5.52. The van der Waals surface area contributed by atoms with Gasteiger partial charge in [-0.05, 0) is 27.2 Å². The molecule has 7 heteroatoms. The van der Waals surface area contributed by atoms with Crippen molar-refractivity contribution < 1.29 is 27.5 Å². The average molecular weight is 269 g/mol. The number of alkyl carbamates (subject to hydrolysis) is 1. The van der Waals surface area contributed by atoms with Gasteiger partial charge in [0.1, 0.15) is 11.9 Å². The predicted octanol–water partition coefficient (Wildman–Crippen LogP) is 2.67. The summed E-state index contributed by atoms with van der Waals surface area (Å²) in [5.74, 6) is -1.91. The summed E-state index contributed by atoms with van der Waals surface area (Å²) in [6.07, 6.45) is -5.81. The maximum atomic E-state index is 12.6. The number of ether oxygens (including phenoxy) is 1. The average Bonchev–Trinajstić information content (AvgIpc) is 2.11. The van der Waals surface area contributed by atoms with Gasteiger partial charge in [-0.2, -0.15) is 13.2 Å². The zero-order chi connectivity index (χ0) is 14.6. The van der Waals surface area contributed by atoms with Gasteiger partial charge in [-0.3, -0.25) is 0 Å². The lowest BCUT2D eigenvalue weighted by Gasteiger charge is -2.26. The second-order valence-electron chi connectivity index (χ2n) is 4.86. The van der Waals surface area contributed by atoms with Gasteiger partial charge in [-0.25, -0.2) is 4.79 Å². The maximum absolute atomic E-state index is 12.6. The number of aldehydes is 1. The second kappa shape index (κ2) is 6.06. The Balaban J connectivity index is 4.70. The molecule has 0 rings (SSSR count). The number of amides is 1. The fourth-order valence-corrected chi connectivity index (χ4v) is 1.36. The van der Waals surface area contributed by atoms with Crippen LogP contribution >= 0.6 is 0 Å². The van der Waals surface area contributed by atoms with Gasteiger partial charge in [0.05, 0.1) is 12.0 Å². The summed E-state index contributed by atoms with van der Waals surface area (Å²) in [7, 11) is 0. The molecular weight excluding hydrogens is 251 g/mol. The number of alkyl halides is 3. The highest BCUT2D eigenvalue weighted by atomic mass is 19.4. The molecule has 0 aromatic rings. The number of hydrogen-bond acceptors (Lipinski definition) is 3. The number of rotatable bonds is 4. The molecule has 0 aliphatic heterocycles. The van der Waals surface area contributed by atoms with Crippen molar-refractivity contribution in [2.24, 2.45) is 5.92 Å². The van der Waals surface area contributed by atoms with Gasteiger partial charge < -0.3 is 14.8 Å². The van der Waals surface area contributed by atoms with Crippen molar-refractivity contribution in [3.05, 3.63) is 0 Å². The Labute approximate surface area is 104 Å². The first-order chi connectivity index (χ1) is 8.01. The highest BCUT2D eigenvalue weighted by Gasteiger charge is 2.44. The third kappa shape index (κ3) is 5.88. The minimum atomic E-state index is -4.55. The van der Waals surface area contributed by atoms with Crippen LogP contribution in [0.25, 0.3) is 0 Å². The smallest absolute Gasteiger partial charge is 0.408 e. The summed E-state index contributed by atoms with van der Waals surface area (Å²) < 4.78 is 42.6. The summed E-state index contributed by atoms with van der Waals surface area (Å²) in [6.45, 7) is 6.02. The molecule has 0 aromatic heterocycles. The molecule has 2 unspecified atom stereocenters. The maximum Gasteiger partial charge on any atom is 0.408 e. The van der Waals surface area contributed by atoms with Crippen LogP contribution in [-0.2, 0) is 9.53 Å². The van der Waals surface area contributed by atoms with Crippen LogP contribution in [0, 0.1) is 5.92 Å². The van der Waals surface area contributed by atoms with Crippen molar-refractivity contribution >= 4 is 12.4 Å². The van der Waals surface area contributed by atoms with E-state index < -0.39 is 29.8 Å². The SMILES string of the molecule is CCC(C(C=O)NC(=O)OC(C)(C)C)C(F)(F)F. The third-order valence-corrected chi connectivity index (χ3v) is 2.12. The number of carbonyl (C=O) groups excluding carboxylic acids is 2. The minimum absolute atomic E-state index is 0.0750. The molecule has 1 N–H and O–H groups in total. The van der Waals surface area contributed by atoms with E-state index >= 15 is 0 Å². The van der Waals surface area contributed by atoms with Crippen LogP contribution in [0.1, 0.15) is 34.1 Å². The fraction of sp³-hybridized carbons (Fsp3) is 0.818. The van der Waals surface area contributed by atoms with Crippen LogP contribution in [0.3, 0.4) is 0 Å². The summed E-state index contributed by atoms with van der Waals surface area (Å²) in [6, 6.07) is -1.63. The molecule has 0 aliphatic rings. The lowest BCUT2D eigenvalue weighted by atomic mass is 9.97. The van der Waals surface area contributed by atoms with Crippen LogP contribution in [0.15, 0.2) is 0 Å². The van der Waals surface area contributed by atoms with Crippen molar-refractivity contribution in [1.82, 2.24) is 5.32 Å². The normalized spacial score (nSPS) is 15.7. The zero-order valence-corrected chi connectivity index (χ0v) is 10.8. The zero-order valence-electron chi connectivity index (χ0n) is 10.8. The van der Waals surface area contributed by atoms with E-state index in [1.54, 1.807) is 20.8 Å². The summed E-state index contributed by atoms with van der Waals surface area (Å²) in [5.41, 5.74) is -0.836. The Kier molecular flexibility index (Phi) is 5.63. The quantitative estimate of drug-likeness (QED) is 0.798. The molecule has 0 spiro atoms. The van der Waals surface area contributed by atoms with E-state index in [-0.39, 0.29) is 12.7 Å². The molecule has 0 bridgehead atoms. The summed E-state index contributed by atoms with van der Waals surface area (Å²) in [4.78, 5) is 22.0. The summed E-state index contributed by atoms with van der Waals surface area (Å²) in [5, 5.41) is 1.93. The van der Waals surface area contributed by atoms with Gasteiger partial charge in [0.2, 0.25) is 0 Å². The second-order valence-corrected chi connectivity index (χ2v) is 4.86. The Bertz CT molecular complexity index is 297. The number of halogens is 3. The molecule has 0 heterocycles. The Morgan fingerprint density at radius 2 is 1.83 bits per heavy atom. The van der Waals surface area contributed by atoms with E-state index in [0.717, 1.165) is 0 Å².